The fourth-order valence-corrected chi connectivity index (χ4v) is 2.57. The van der Waals surface area contributed by atoms with Crippen LogP contribution in [0.25, 0.3) is 0 Å². The van der Waals surface area contributed by atoms with E-state index in [0.717, 1.165) is 6.42 Å². The molecule has 84 valence electrons. The molecule has 1 unspecified atom stereocenters. The van der Waals surface area contributed by atoms with Crippen LogP contribution in [0.15, 0.2) is 41.1 Å². The van der Waals surface area contributed by atoms with E-state index in [9.17, 15) is 0 Å². The summed E-state index contributed by atoms with van der Waals surface area (Å²) < 4.78 is 0. The molecule has 1 atom stereocenters. The van der Waals surface area contributed by atoms with Gasteiger partial charge in [0.15, 0.2) is 0 Å². The third kappa shape index (κ3) is 2.52. The van der Waals surface area contributed by atoms with Crippen molar-refractivity contribution in [3.63, 3.8) is 0 Å². The molecule has 2 aromatic rings. The van der Waals surface area contributed by atoms with Gasteiger partial charge >= 0.3 is 0 Å². The topological polar surface area (TPSA) is 26.0 Å². The van der Waals surface area contributed by atoms with Crippen molar-refractivity contribution in [1.29, 1.82) is 0 Å². The number of nitrogens with two attached hydrogens (primary N) is 1. The van der Waals surface area contributed by atoms with E-state index in [4.69, 9.17) is 5.73 Å². The van der Waals surface area contributed by atoms with Crippen molar-refractivity contribution in [2.24, 2.45) is 5.73 Å². The Hall–Kier alpha value is -1.12. The Morgan fingerprint density at radius 1 is 1.25 bits per heavy atom. The number of aryl methyl sites for hydroxylation is 1. The van der Waals surface area contributed by atoms with Gasteiger partial charge in [-0.1, -0.05) is 37.6 Å². The SMILES string of the molecule is CCCc1cccc(C(N)c2ccsc2)c1. The van der Waals surface area contributed by atoms with Gasteiger partial charge in [-0.05, 0) is 39.9 Å². The quantitative estimate of drug-likeness (QED) is 0.852. The van der Waals surface area contributed by atoms with Crippen molar-refractivity contribution >= 4 is 11.3 Å². The summed E-state index contributed by atoms with van der Waals surface area (Å²) in [6.45, 7) is 2.20. The first-order valence-electron chi connectivity index (χ1n) is 5.67. The number of hydrogen-bond acceptors (Lipinski definition) is 2. The van der Waals surface area contributed by atoms with E-state index >= 15 is 0 Å². The van der Waals surface area contributed by atoms with Crippen LogP contribution in [0.2, 0.25) is 0 Å². The normalized spacial score (nSPS) is 12.6. The predicted molar refractivity (Wildman–Crippen MR) is 70.8 cm³/mol. The lowest BCUT2D eigenvalue weighted by Gasteiger charge is -2.11. The van der Waals surface area contributed by atoms with Gasteiger partial charge in [0.05, 0.1) is 6.04 Å². The summed E-state index contributed by atoms with van der Waals surface area (Å²) in [6.07, 6.45) is 2.31. The molecule has 0 fully saturated rings. The lowest BCUT2D eigenvalue weighted by molar-refractivity contribution is 0.863. The molecule has 0 aliphatic heterocycles. The predicted octanol–water partition coefficient (Wildman–Crippen LogP) is 3.75. The number of benzene rings is 1. The van der Waals surface area contributed by atoms with E-state index < -0.39 is 0 Å². The summed E-state index contributed by atoms with van der Waals surface area (Å²) >= 11 is 1.70. The summed E-state index contributed by atoms with van der Waals surface area (Å²) in [5, 5.41) is 4.20. The highest BCUT2D eigenvalue weighted by Gasteiger charge is 2.09. The fraction of sp³-hybridized carbons (Fsp3) is 0.286. The zero-order valence-electron chi connectivity index (χ0n) is 9.52. The molecule has 0 aliphatic rings. The first-order chi connectivity index (χ1) is 7.81. The van der Waals surface area contributed by atoms with Crippen molar-refractivity contribution < 1.29 is 0 Å². The second-order valence-corrected chi connectivity index (χ2v) is 4.81. The summed E-state index contributed by atoms with van der Waals surface area (Å²) in [7, 11) is 0. The smallest absolute Gasteiger partial charge is 0.0559 e. The van der Waals surface area contributed by atoms with Crippen LogP contribution in [0, 0.1) is 0 Å². The standard InChI is InChI=1S/C14H17NS/c1-2-4-11-5-3-6-12(9-11)14(15)13-7-8-16-10-13/h3,5-10,14H,2,4,15H2,1H3. The minimum Gasteiger partial charge on any atom is -0.320 e. The van der Waals surface area contributed by atoms with E-state index in [1.807, 2.05) is 0 Å². The van der Waals surface area contributed by atoms with Crippen LogP contribution in [0.5, 0.6) is 0 Å². The largest absolute Gasteiger partial charge is 0.320 e. The molecular formula is C14H17NS. The molecule has 0 saturated carbocycles. The highest BCUT2D eigenvalue weighted by atomic mass is 32.1. The summed E-state index contributed by atoms with van der Waals surface area (Å²) in [5.41, 5.74) is 10.0. The van der Waals surface area contributed by atoms with Crippen LogP contribution in [0.4, 0.5) is 0 Å². The third-order valence-corrected chi connectivity index (χ3v) is 3.45. The summed E-state index contributed by atoms with van der Waals surface area (Å²) in [5.74, 6) is 0. The first kappa shape index (κ1) is 11.4. The highest BCUT2D eigenvalue weighted by molar-refractivity contribution is 7.08. The average molecular weight is 231 g/mol. The Labute approximate surface area is 101 Å². The van der Waals surface area contributed by atoms with E-state index in [-0.39, 0.29) is 6.04 Å². The van der Waals surface area contributed by atoms with Gasteiger partial charge in [-0.15, -0.1) is 0 Å². The molecule has 1 aromatic heterocycles. The number of rotatable bonds is 4. The van der Waals surface area contributed by atoms with Crippen LogP contribution in [-0.4, -0.2) is 0 Å². The molecule has 16 heavy (non-hydrogen) atoms. The van der Waals surface area contributed by atoms with E-state index in [0.29, 0.717) is 0 Å². The Balaban J connectivity index is 2.23. The number of hydrogen-bond donors (Lipinski definition) is 1. The molecule has 2 heteroatoms. The third-order valence-electron chi connectivity index (χ3n) is 2.75. The van der Waals surface area contributed by atoms with Crippen LogP contribution >= 0.6 is 11.3 Å². The van der Waals surface area contributed by atoms with Crippen LogP contribution < -0.4 is 5.73 Å². The fourth-order valence-electron chi connectivity index (χ4n) is 1.88. The Kier molecular flexibility index (Phi) is 3.75. The highest BCUT2D eigenvalue weighted by Crippen LogP contribution is 2.22. The lowest BCUT2D eigenvalue weighted by Crippen LogP contribution is -2.11. The maximum absolute atomic E-state index is 6.23. The second-order valence-electron chi connectivity index (χ2n) is 4.03. The van der Waals surface area contributed by atoms with E-state index in [1.54, 1.807) is 11.3 Å². The van der Waals surface area contributed by atoms with Gasteiger partial charge in [0.1, 0.15) is 0 Å². The molecule has 1 nitrogen and oxygen atoms in total. The molecule has 2 N–H and O–H groups in total. The van der Waals surface area contributed by atoms with Crippen LogP contribution in [0.3, 0.4) is 0 Å². The van der Waals surface area contributed by atoms with Crippen LogP contribution in [-0.2, 0) is 6.42 Å². The molecule has 2 rings (SSSR count). The van der Waals surface area contributed by atoms with Crippen molar-refractivity contribution in [1.82, 2.24) is 0 Å². The summed E-state index contributed by atoms with van der Waals surface area (Å²) in [4.78, 5) is 0. The van der Waals surface area contributed by atoms with E-state index in [2.05, 4.69) is 48.0 Å². The average Bonchev–Trinajstić information content (AvgIpc) is 2.82. The van der Waals surface area contributed by atoms with Crippen molar-refractivity contribution in [2.45, 2.75) is 25.8 Å². The van der Waals surface area contributed by atoms with Gasteiger partial charge in [0.2, 0.25) is 0 Å². The monoisotopic (exact) mass is 231 g/mol. The molecule has 0 bridgehead atoms. The lowest BCUT2D eigenvalue weighted by atomic mass is 9.99. The Morgan fingerprint density at radius 2 is 2.12 bits per heavy atom. The van der Waals surface area contributed by atoms with Crippen LogP contribution in [0.1, 0.15) is 36.1 Å². The van der Waals surface area contributed by atoms with E-state index in [1.165, 1.54) is 23.1 Å². The maximum atomic E-state index is 6.23. The van der Waals surface area contributed by atoms with Gasteiger partial charge in [-0.3, -0.25) is 0 Å². The molecule has 0 amide bonds. The zero-order valence-corrected chi connectivity index (χ0v) is 10.3. The molecule has 0 aliphatic carbocycles. The van der Waals surface area contributed by atoms with Crippen molar-refractivity contribution in [3.05, 3.63) is 57.8 Å². The van der Waals surface area contributed by atoms with Crippen molar-refractivity contribution in [3.8, 4) is 0 Å². The van der Waals surface area contributed by atoms with Gasteiger partial charge < -0.3 is 5.73 Å². The molecule has 0 radical (unpaired) electrons. The van der Waals surface area contributed by atoms with Gasteiger partial charge in [-0.2, -0.15) is 11.3 Å². The molecular weight excluding hydrogens is 214 g/mol. The zero-order chi connectivity index (χ0) is 11.4. The van der Waals surface area contributed by atoms with Gasteiger partial charge in [-0.25, -0.2) is 0 Å². The molecule has 0 saturated heterocycles. The summed E-state index contributed by atoms with van der Waals surface area (Å²) in [6, 6.07) is 10.7. The Bertz CT molecular complexity index is 434. The van der Waals surface area contributed by atoms with Crippen molar-refractivity contribution in [2.75, 3.05) is 0 Å². The molecule has 1 heterocycles. The van der Waals surface area contributed by atoms with Gasteiger partial charge in [0, 0.05) is 0 Å². The van der Waals surface area contributed by atoms with Gasteiger partial charge in [0.25, 0.3) is 0 Å². The minimum atomic E-state index is 0.0167. The molecule has 0 spiro atoms. The second kappa shape index (κ2) is 5.28. The first-order valence-corrected chi connectivity index (χ1v) is 6.62. The number of thiophene rings is 1. The molecule has 1 aromatic carbocycles. The Morgan fingerprint density at radius 3 is 2.81 bits per heavy atom. The maximum Gasteiger partial charge on any atom is 0.0559 e. The minimum absolute atomic E-state index is 0.0167.